The lowest BCUT2D eigenvalue weighted by molar-refractivity contribution is 0.0216. The Morgan fingerprint density at radius 3 is 2.93 bits per heavy atom. The van der Waals surface area contributed by atoms with Crippen LogP contribution in [-0.4, -0.2) is 19.7 Å². The van der Waals surface area contributed by atoms with E-state index in [1.54, 1.807) is 12.1 Å². The number of aldehydes is 1. The van der Waals surface area contributed by atoms with Crippen molar-refractivity contribution in [2.45, 2.75) is 6.92 Å². The van der Waals surface area contributed by atoms with E-state index in [1.807, 2.05) is 13.0 Å². The van der Waals surface area contributed by atoms with Gasteiger partial charge in [-0.05, 0) is 35.0 Å². The summed E-state index contributed by atoms with van der Waals surface area (Å²) in [5, 5.41) is 0. The maximum Gasteiger partial charge on any atom is 0.189 e. The Morgan fingerprint density at radius 1 is 1.50 bits per heavy atom. The molecule has 0 unspecified atom stereocenters. The Morgan fingerprint density at radius 2 is 2.29 bits per heavy atom. The molecule has 0 amide bonds. The van der Waals surface area contributed by atoms with Crippen molar-refractivity contribution in [2.24, 2.45) is 0 Å². The molecule has 0 spiro atoms. The van der Waals surface area contributed by atoms with Gasteiger partial charge in [0.1, 0.15) is 5.75 Å². The van der Waals surface area contributed by atoms with E-state index in [-0.39, 0.29) is 6.79 Å². The fraction of sp³-hybridized carbons (Fsp3) is 0.300. The maximum atomic E-state index is 10.7. The number of hydrogen-bond donors (Lipinski definition) is 0. The van der Waals surface area contributed by atoms with Gasteiger partial charge in [-0.1, -0.05) is 6.07 Å². The van der Waals surface area contributed by atoms with Gasteiger partial charge in [0.15, 0.2) is 13.1 Å². The number of carbonyl (C=O) groups excluding carboxylic acids is 1. The van der Waals surface area contributed by atoms with Gasteiger partial charge in [-0.15, -0.1) is 0 Å². The first-order valence-corrected chi connectivity index (χ1v) is 5.03. The average molecular weight is 259 g/mol. The third kappa shape index (κ3) is 2.82. The monoisotopic (exact) mass is 258 g/mol. The summed E-state index contributed by atoms with van der Waals surface area (Å²) in [4.78, 5) is 10.7. The lowest BCUT2D eigenvalue weighted by atomic mass is 10.2. The Hall–Kier alpha value is -0.870. The fourth-order valence-corrected chi connectivity index (χ4v) is 1.45. The van der Waals surface area contributed by atoms with Crippen molar-refractivity contribution in [1.29, 1.82) is 0 Å². The third-order valence-corrected chi connectivity index (χ3v) is 2.24. The van der Waals surface area contributed by atoms with E-state index in [2.05, 4.69) is 15.9 Å². The summed E-state index contributed by atoms with van der Waals surface area (Å²) in [6, 6.07) is 5.29. The van der Waals surface area contributed by atoms with E-state index in [9.17, 15) is 4.79 Å². The highest BCUT2D eigenvalue weighted by Gasteiger charge is 2.06. The van der Waals surface area contributed by atoms with Crippen molar-refractivity contribution in [3.05, 3.63) is 28.2 Å². The highest BCUT2D eigenvalue weighted by molar-refractivity contribution is 9.10. The summed E-state index contributed by atoms with van der Waals surface area (Å²) >= 11 is 3.30. The molecule has 14 heavy (non-hydrogen) atoms. The highest BCUT2D eigenvalue weighted by Crippen LogP contribution is 2.27. The number of rotatable bonds is 5. The summed E-state index contributed by atoms with van der Waals surface area (Å²) in [6.07, 6.45) is 0.756. The molecule has 0 aliphatic carbocycles. The number of benzene rings is 1. The summed E-state index contributed by atoms with van der Waals surface area (Å²) in [6.45, 7) is 2.62. The van der Waals surface area contributed by atoms with Crippen molar-refractivity contribution >= 4 is 22.2 Å². The van der Waals surface area contributed by atoms with E-state index in [0.29, 0.717) is 17.9 Å². The van der Waals surface area contributed by atoms with Crippen molar-refractivity contribution in [2.75, 3.05) is 13.4 Å². The molecule has 0 N–H and O–H groups in total. The number of hydrogen-bond acceptors (Lipinski definition) is 3. The van der Waals surface area contributed by atoms with Gasteiger partial charge in [0.2, 0.25) is 0 Å². The highest BCUT2D eigenvalue weighted by atomic mass is 79.9. The zero-order chi connectivity index (χ0) is 10.4. The van der Waals surface area contributed by atoms with Crippen molar-refractivity contribution in [3.8, 4) is 5.75 Å². The molecular formula is C10H11BrO3. The van der Waals surface area contributed by atoms with E-state index in [1.165, 1.54) is 0 Å². The fourth-order valence-electron chi connectivity index (χ4n) is 0.955. The Kier molecular flexibility index (Phi) is 4.62. The summed E-state index contributed by atoms with van der Waals surface area (Å²) < 4.78 is 11.1. The molecule has 1 aromatic rings. The van der Waals surface area contributed by atoms with Crippen LogP contribution in [0.3, 0.4) is 0 Å². The first-order valence-electron chi connectivity index (χ1n) is 4.23. The van der Waals surface area contributed by atoms with Crippen LogP contribution in [0.2, 0.25) is 0 Å². The average Bonchev–Trinajstić information content (AvgIpc) is 2.20. The second-order valence-corrected chi connectivity index (χ2v) is 3.39. The molecule has 0 atom stereocenters. The minimum atomic E-state index is 0.153. The van der Waals surface area contributed by atoms with Crippen LogP contribution >= 0.6 is 15.9 Å². The summed E-state index contributed by atoms with van der Waals surface area (Å²) in [7, 11) is 0. The van der Waals surface area contributed by atoms with Gasteiger partial charge in [0, 0.05) is 6.61 Å². The molecule has 0 radical (unpaired) electrons. The topological polar surface area (TPSA) is 35.5 Å². The van der Waals surface area contributed by atoms with Crippen molar-refractivity contribution in [1.82, 2.24) is 0 Å². The van der Waals surface area contributed by atoms with Crippen LogP contribution in [0.1, 0.15) is 17.3 Å². The molecule has 0 aliphatic rings. The Balaban J connectivity index is 2.77. The number of para-hydroxylation sites is 1. The molecule has 4 heteroatoms. The quantitative estimate of drug-likeness (QED) is 0.463. The van der Waals surface area contributed by atoms with Crippen LogP contribution in [-0.2, 0) is 4.74 Å². The molecule has 0 fully saturated rings. The predicted molar refractivity (Wildman–Crippen MR) is 56.7 cm³/mol. The zero-order valence-corrected chi connectivity index (χ0v) is 9.41. The van der Waals surface area contributed by atoms with Crippen LogP contribution in [0.25, 0.3) is 0 Å². The van der Waals surface area contributed by atoms with E-state index >= 15 is 0 Å². The molecule has 0 heterocycles. The molecule has 0 saturated carbocycles. The van der Waals surface area contributed by atoms with Crippen LogP contribution in [0.15, 0.2) is 22.7 Å². The Bertz CT molecular complexity index is 312. The first-order chi connectivity index (χ1) is 6.79. The second kappa shape index (κ2) is 5.78. The molecule has 1 rings (SSSR count). The summed E-state index contributed by atoms with van der Waals surface area (Å²) in [5.74, 6) is 0.524. The van der Waals surface area contributed by atoms with Gasteiger partial charge in [-0.25, -0.2) is 0 Å². The van der Waals surface area contributed by atoms with Crippen LogP contribution < -0.4 is 4.74 Å². The van der Waals surface area contributed by atoms with Crippen LogP contribution in [0.4, 0.5) is 0 Å². The normalized spacial score (nSPS) is 9.86. The summed E-state index contributed by atoms with van der Waals surface area (Å²) in [5.41, 5.74) is 0.513. The van der Waals surface area contributed by atoms with Gasteiger partial charge >= 0.3 is 0 Å². The maximum absolute atomic E-state index is 10.7. The largest absolute Gasteiger partial charge is 0.466 e. The minimum absolute atomic E-state index is 0.153. The Labute approximate surface area is 91.1 Å². The van der Waals surface area contributed by atoms with E-state index < -0.39 is 0 Å². The van der Waals surface area contributed by atoms with Gasteiger partial charge < -0.3 is 9.47 Å². The van der Waals surface area contributed by atoms with Crippen LogP contribution in [0, 0.1) is 0 Å². The zero-order valence-electron chi connectivity index (χ0n) is 7.83. The molecule has 0 bridgehead atoms. The van der Waals surface area contributed by atoms with E-state index in [4.69, 9.17) is 9.47 Å². The van der Waals surface area contributed by atoms with E-state index in [0.717, 1.165) is 10.8 Å². The smallest absolute Gasteiger partial charge is 0.189 e. The van der Waals surface area contributed by atoms with Gasteiger partial charge in [0.25, 0.3) is 0 Å². The first kappa shape index (κ1) is 11.2. The molecule has 3 nitrogen and oxygen atoms in total. The minimum Gasteiger partial charge on any atom is -0.466 e. The third-order valence-electron chi connectivity index (χ3n) is 1.62. The second-order valence-electron chi connectivity index (χ2n) is 2.53. The van der Waals surface area contributed by atoms with Gasteiger partial charge in [-0.2, -0.15) is 0 Å². The lowest BCUT2D eigenvalue weighted by Gasteiger charge is -2.09. The van der Waals surface area contributed by atoms with Gasteiger partial charge in [0.05, 0.1) is 10.0 Å². The van der Waals surface area contributed by atoms with Gasteiger partial charge in [-0.3, -0.25) is 4.79 Å². The predicted octanol–water partition coefficient (Wildman–Crippen LogP) is 2.63. The number of ether oxygens (including phenoxy) is 2. The number of halogens is 1. The number of carbonyl (C=O) groups is 1. The molecule has 0 saturated heterocycles. The molecule has 0 aromatic heterocycles. The SMILES string of the molecule is CCOCOc1c(Br)cccc1C=O. The molecule has 0 aliphatic heterocycles. The van der Waals surface area contributed by atoms with Crippen molar-refractivity contribution in [3.63, 3.8) is 0 Å². The lowest BCUT2D eigenvalue weighted by Crippen LogP contribution is -2.04. The molecular weight excluding hydrogens is 248 g/mol. The standard InChI is InChI=1S/C10H11BrO3/c1-2-13-7-14-10-8(6-12)4-3-5-9(10)11/h3-6H,2,7H2,1H3. The van der Waals surface area contributed by atoms with Crippen LogP contribution in [0.5, 0.6) is 5.75 Å². The van der Waals surface area contributed by atoms with Crippen molar-refractivity contribution < 1.29 is 14.3 Å². The molecule has 1 aromatic carbocycles. The molecule has 76 valence electrons.